The van der Waals surface area contributed by atoms with E-state index in [9.17, 15) is 18.0 Å². The van der Waals surface area contributed by atoms with Crippen molar-refractivity contribution in [3.63, 3.8) is 0 Å². The number of amides is 1. The highest BCUT2D eigenvalue weighted by Crippen LogP contribution is 2.30. The van der Waals surface area contributed by atoms with Crippen LogP contribution in [0.1, 0.15) is 50.3 Å². The van der Waals surface area contributed by atoms with E-state index in [4.69, 9.17) is 5.73 Å². The van der Waals surface area contributed by atoms with Crippen molar-refractivity contribution in [2.45, 2.75) is 51.4 Å². The van der Waals surface area contributed by atoms with E-state index in [1.165, 1.54) is 6.07 Å². The molecule has 0 fully saturated rings. The van der Waals surface area contributed by atoms with Crippen molar-refractivity contribution >= 4 is 5.91 Å². The predicted octanol–water partition coefficient (Wildman–Crippen LogP) is 3.40. The van der Waals surface area contributed by atoms with Crippen LogP contribution in [-0.2, 0) is 11.0 Å². The van der Waals surface area contributed by atoms with Gasteiger partial charge in [-0.25, -0.2) is 0 Å². The molecule has 118 valence electrons. The van der Waals surface area contributed by atoms with E-state index in [2.05, 4.69) is 5.32 Å². The molecule has 6 heteroatoms. The molecule has 1 unspecified atom stereocenters. The van der Waals surface area contributed by atoms with E-state index in [1.807, 2.05) is 6.92 Å². The Labute approximate surface area is 122 Å². The molecule has 1 rings (SSSR count). The first kappa shape index (κ1) is 17.5. The van der Waals surface area contributed by atoms with E-state index < -0.39 is 23.8 Å². The summed E-state index contributed by atoms with van der Waals surface area (Å²) < 4.78 is 38.0. The molecule has 0 spiro atoms. The summed E-state index contributed by atoms with van der Waals surface area (Å²) in [5, 5.41) is 2.65. The summed E-state index contributed by atoms with van der Waals surface area (Å²) in [6.07, 6.45) is -2.05. The zero-order valence-electron chi connectivity index (χ0n) is 12.2. The van der Waals surface area contributed by atoms with Crippen LogP contribution in [0.25, 0.3) is 0 Å². The van der Waals surface area contributed by atoms with Gasteiger partial charge < -0.3 is 11.1 Å². The number of benzene rings is 1. The lowest BCUT2D eigenvalue weighted by Crippen LogP contribution is -2.41. The van der Waals surface area contributed by atoms with Crippen LogP contribution in [0.3, 0.4) is 0 Å². The summed E-state index contributed by atoms with van der Waals surface area (Å²) in [5.41, 5.74) is 5.41. The molecule has 0 heterocycles. The second-order valence-corrected chi connectivity index (χ2v) is 5.10. The molecule has 0 aliphatic heterocycles. The average molecular weight is 302 g/mol. The molecule has 1 aromatic carbocycles. The van der Waals surface area contributed by atoms with Crippen molar-refractivity contribution in [1.82, 2.24) is 5.32 Å². The quantitative estimate of drug-likeness (QED) is 0.846. The molecule has 1 aromatic rings. The third kappa shape index (κ3) is 5.38. The lowest BCUT2D eigenvalue weighted by Gasteiger charge is -2.19. The monoisotopic (exact) mass is 302 g/mol. The molecule has 2 atom stereocenters. The van der Waals surface area contributed by atoms with Crippen LogP contribution in [-0.4, -0.2) is 11.9 Å². The molecule has 0 aliphatic rings. The van der Waals surface area contributed by atoms with Gasteiger partial charge in [-0.2, -0.15) is 13.2 Å². The van der Waals surface area contributed by atoms with Gasteiger partial charge in [0, 0.05) is 0 Å². The number of unbranched alkanes of at least 4 members (excludes halogenated alkanes) is 1. The van der Waals surface area contributed by atoms with Gasteiger partial charge >= 0.3 is 6.18 Å². The van der Waals surface area contributed by atoms with Crippen LogP contribution in [0.4, 0.5) is 13.2 Å². The molecular formula is C15H21F3N2O. The van der Waals surface area contributed by atoms with E-state index in [-0.39, 0.29) is 5.91 Å². The van der Waals surface area contributed by atoms with Crippen LogP contribution in [0, 0.1) is 0 Å². The Morgan fingerprint density at radius 2 is 2.05 bits per heavy atom. The maximum absolute atomic E-state index is 12.7. The average Bonchev–Trinajstić information content (AvgIpc) is 2.43. The Bertz CT molecular complexity index is 474. The largest absolute Gasteiger partial charge is 0.416 e. The zero-order chi connectivity index (χ0) is 16.0. The van der Waals surface area contributed by atoms with Gasteiger partial charge in [0.1, 0.15) is 0 Å². The van der Waals surface area contributed by atoms with Crippen LogP contribution in [0.2, 0.25) is 0 Å². The van der Waals surface area contributed by atoms with Crippen LogP contribution >= 0.6 is 0 Å². The highest BCUT2D eigenvalue weighted by Gasteiger charge is 2.30. The molecule has 3 N–H and O–H groups in total. The number of carbonyl (C=O) groups is 1. The number of halogens is 3. The van der Waals surface area contributed by atoms with Crippen molar-refractivity contribution in [2.24, 2.45) is 5.73 Å². The number of nitrogens with one attached hydrogen (secondary N) is 1. The minimum absolute atomic E-state index is 0.339. The molecule has 3 nitrogen and oxygen atoms in total. The maximum Gasteiger partial charge on any atom is 0.416 e. The standard InChI is InChI=1S/C15H21F3N2O/c1-3-4-8-13(19)14(21)20-10(2)11-6-5-7-12(9-11)15(16,17)18/h5-7,9-10,13H,3-4,8,19H2,1-2H3,(H,20,21)/t10?,13-/m0/s1. The van der Waals surface area contributed by atoms with Crippen molar-refractivity contribution in [2.75, 3.05) is 0 Å². The molecule has 0 saturated heterocycles. The number of hydrogen-bond donors (Lipinski definition) is 2. The molecule has 1 amide bonds. The zero-order valence-corrected chi connectivity index (χ0v) is 12.2. The first-order valence-electron chi connectivity index (χ1n) is 6.98. The lowest BCUT2D eigenvalue weighted by atomic mass is 10.0. The maximum atomic E-state index is 12.7. The Hall–Kier alpha value is -1.56. The molecule has 0 radical (unpaired) electrons. The van der Waals surface area contributed by atoms with Gasteiger partial charge in [0.2, 0.25) is 5.91 Å². The third-order valence-corrected chi connectivity index (χ3v) is 3.28. The predicted molar refractivity (Wildman–Crippen MR) is 75.5 cm³/mol. The number of nitrogens with two attached hydrogens (primary N) is 1. The van der Waals surface area contributed by atoms with Gasteiger partial charge in [-0.3, -0.25) is 4.79 Å². The number of alkyl halides is 3. The minimum atomic E-state index is -4.39. The van der Waals surface area contributed by atoms with Gasteiger partial charge in [0.25, 0.3) is 0 Å². The Balaban J connectivity index is 2.71. The van der Waals surface area contributed by atoms with Gasteiger partial charge in [-0.15, -0.1) is 0 Å². The fraction of sp³-hybridized carbons (Fsp3) is 0.533. The van der Waals surface area contributed by atoms with E-state index in [1.54, 1.807) is 13.0 Å². The van der Waals surface area contributed by atoms with Gasteiger partial charge in [0.05, 0.1) is 17.6 Å². The summed E-state index contributed by atoms with van der Waals surface area (Å²) >= 11 is 0. The number of rotatable bonds is 6. The fourth-order valence-corrected chi connectivity index (χ4v) is 1.94. The molecule has 21 heavy (non-hydrogen) atoms. The normalized spacial score (nSPS) is 14.6. The third-order valence-electron chi connectivity index (χ3n) is 3.28. The number of hydrogen-bond acceptors (Lipinski definition) is 2. The van der Waals surface area contributed by atoms with Crippen LogP contribution < -0.4 is 11.1 Å². The Morgan fingerprint density at radius 1 is 1.38 bits per heavy atom. The summed E-state index contributed by atoms with van der Waals surface area (Å²) in [6, 6.07) is 3.79. The van der Waals surface area contributed by atoms with E-state index in [0.717, 1.165) is 25.0 Å². The first-order chi connectivity index (χ1) is 9.75. The van der Waals surface area contributed by atoms with Crippen molar-refractivity contribution in [1.29, 1.82) is 0 Å². The number of carbonyl (C=O) groups excluding carboxylic acids is 1. The Kier molecular flexibility index (Phi) is 6.20. The second-order valence-electron chi connectivity index (χ2n) is 5.10. The lowest BCUT2D eigenvalue weighted by molar-refractivity contribution is -0.137. The minimum Gasteiger partial charge on any atom is -0.348 e. The van der Waals surface area contributed by atoms with Gasteiger partial charge in [-0.1, -0.05) is 31.9 Å². The summed E-state index contributed by atoms with van der Waals surface area (Å²) in [4.78, 5) is 11.9. The highest BCUT2D eigenvalue weighted by molar-refractivity contribution is 5.81. The van der Waals surface area contributed by atoms with Crippen LogP contribution in [0.5, 0.6) is 0 Å². The molecular weight excluding hydrogens is 281 g/mol. The van der Waals surface area contributed by atoms with Gasteiger partial charge in [0.15, 0.2) is 0 Å². The van der Waals surface area contributed by atoms with Crippen molar-refractivity contribution in [3.05, 3.63) is 35.4 Å². The SMILES string of the molecule is CCCC[C@H](N)C(=O)NC(C)c1cccc(C(F)(F)F)c1. The second kappa shape index (κ2) is 7.45. The summed E-state index contributed by atoms with van der Waals surface area (Å²) in [7, 11) is 0. The van der Waals surface area contributed by atoms with E-state index >= 15 is 0 Å². The molecule has 0 aromatic heterocycles. The van der Waals surface area contributed by atoms with Crippen molar-refractivity contribution < 1.29 is 18.0 Å². The molecule has 0 saturated carbocycles. The van der Waals surface area contributed by atoms with Crippen LogP contribution in [0.15, 0.2) is 24.3 Å². The first-order valence-corrected chi connectivity index (χ1v) is 6.98. The topological polar surface area (TPSA) is 55.1 Å². The van der Waals surface area contributed by atoms with Gasteiger partial charge in [-0.05, 0) is 31.0 Å². The molecule has 0 bridgehead atoms. The molecule has 0 aliphatic carbocycles. The summed E-state index contributed by atoms with van der Waals surface area (Å²) in [5.74, 6) is -0.339. The summed E-state index contributed by atoms with van der Waals surface area (Å²) in [6.45, 7) is 3.63. The van der Waals surface area contributed by atoms with E-state index in [0.29, 0.717) is 12.0 Å². The Morgan fingerprint density at radius 3 is 2.62 bits per heavy atom. The van der Waals surface area contributed by atoms with Crippen molar-refractivity contribution in [3.8, 4) is 0 Å². The highest BCUT2D eigenvalue weighted by atomic mass is 19.4. The fourth-order valence-electron chi connectivity index (χ4n) is 1.94. The smallest absolute Gasteiger partial charge is 0.348 e.